The van der Waals surface area contributed by atoms with Gasteiger partial charge < -0.3 is 5.32 Å². The van der Waals surface area contributed by atoms with E-state index in [9.17, 15) is 4.79 Å². The lowest BCUT2D eigenvalue weighted by Crippen LogP contribution is -2.18. The lowest BCUT2D eigenvalue weighted by molar-refractivity contribution is -0.119. The van der Waals surface area contributed by atoms with E-state index in [1.807, 2.05) is 26.0 Å². The van der Waals surface area contributed by atoms with Crippen LogP contribution in [0.4, 0.5) is 0 Å². The molecule has 0 fully saturated rings. The monoisotopic (exact) mass is 244 g/mol. The molecule has 0 radical (unpaired) electrons. The molecule has 0 bridgehead atoms. The predicted molar refractivity (Wildman–Crippen MR) is 68.8 cm³/mol. The van der Waals surface area contributed by atoms with Crippen molar-refractivity contribution < 1.29 is 4.79 Å². The van der Waals surface area contributed by atoms with Gasteiger partial charge in [-0.2, -0.15) is 5.10 Å². The molecule has 1 amide bonds. The highest BCUT2D eigenvalue weighted by Gasteiger charge is 2.09. The van der Waals surface area contributed by atoms with Gasteiger partial charge in [-0.3, -0.25) is 14.9 Å². The summed E-state index contributed by atoms with van der Waals surface area (Å²) in [7, 11) is 0. The third-order valence-corrected chi connectivity index (χ3v) is 2.75. The average molecular weight is 244 g/mol. The second-order valence-corrected chi connectivity index (χ2v) is 4.27. The number of carbonyl (C=O) groups is 1. The minimum atomic E-state index is -0.0411. The predicted octanol–water partition coefficient (Wildman–Crippen LogP) is 1.72. The Hall–Kier alpha value is -2.17. The zero-order valence-corrected chi connectivity index (χ0v) is 10.7. The third-order valence-electron chi connectivity index (χ3n) is 2.75. The summed E-state index contributed by atoms with van der Waals surface area (Å²) in [5.41, 5.74) is 4.86. The Morgan fingerprint density at radius 3 is 2.67 bits per heavy atom. The summed E-state index contributed by atoms with van der Waals surface area (Å²) in [6.07, 6.45) is 1.77. The molecule has 0 aliphatic heterocycles. The number of hydrogen-bond acceptors (Lipinski definition) is 3. The molecule has 0 spiro atoms. The molecule has 18 heavy (non-hydrogen) atoms. The second kappa shape index (κ2) is 5.00. The highest BCUT2D eigenvalue weighted by molar-refractivity contribution is 5.72. The SMILES string of the molecule is CC(=O)NCc1ccc(-c2c(C)n[nH]c2C)nc1. The highest BCUT2D eigenvalue weighted by atomic mass is 16.1. The first kappa shape index (κ1) is 12.3. The van der Waals surface area contributed by atoms with E-state index in [0.717, 1.165) is 28.2 Å². The van der Waals surface area contributed by atoms with Crippen LogP contribution in [0.15, 0.2) is 18.3 Å². The first-order valence-corrected chi connectivity index (χ1v) is 5.79. The third kappa shape index (κ3) is 2.56. The van der Waals surface area contributed by atoms with Gasteiger partial charge in [0.05, 0.1) is 11.4 Å². The molecular formula is C13H16N4O. The molecule has 2 heterocycles. The first-order chi connectivity index (χ1) is 8.58. The van der Waals surface area contributed by atoms with Crippen molar-refractivity contribution in [1.29, 1.82) is 0 Å². The van der Waals surface area contributed by atoms with Crippen molar-refractivity contribution in [2.24, 2.45) is 0 Å². The Morgan fingerprint density at radius 1 is 1.39 bits per heavy atom. The summed E-state index contributed by atoms with van der Waals surface area (Å²) in [4.78, 5) is 15.2. The van der Waals surface area contributed by atoms with Crippen LogP contribution in [0.2, 0.25) is 0 Å². The number of H-pyrrole nitrogens is 1. The van der Waals surface area contributed by atoms with E-state index in [0.29, 0.717) is 6.54 Å². The fraction of sp³-hybridized carbons (Fsp3) is 0.308. The molecule has 0 aliphatic rings. The number of nitrogens with one attached hydrogen (secondary N) is 2. The Balaban J connectivity index is 2.20. The Morgan fingerprint density at radius 2 is 2.17 bits per heavy atom. The summed E-state index contributed by atoms with van der Waals surface area (Å²) < 4.78 is 0. The molecule has 0 unspecified atom stereocenters. The van der Waals surface area contributed by atoms with Crippen LogP contribution in [0, 0.1) is 13.8 Å². The molecule has 2 aromatic heterocycles. The van der Waals surface area contributed by atoms with Crippen molar-refractivity contribution in [2.75, 3.05) is 0 Å². The summed E-state index contributed by atoms with van der Waals surface area (Å²) >= 11 is 0. The number of aryl methyl sites for hydroxylation is 2. The van der Waals surface area contributed by atoms with E-state index in [-0.39, 0.29) is 5.91 Å². The van der Waals surface area contributed by atoms with Gasteiger partial charge in [-0.1, -0.05) is 6.07 Å². The van der Waals surface area contributed by atoms with Crippen LogP contribution in [-0.2, 0) is 11.3 Å². The maximum absolute atomic E-state index is 10.8. The number of rotatable bonds is 3. The van der Waals surface area contributed by atoms with E-state index >= 15 is 0 Å². The maximum Gasteiger partial charge on any atom is 0.217 e. The second-order valence-electron chi connectivity index (χ2n) is 4.27. The molecule has 5 heteroatoms. The molecule has 2 aromatic rings. The molecule has 5 nitrogen and oxygen atoms in total. The molecular weight excluding hydrogens is 228 g/mol. The number of aromatic nitrogens is 3. The van der Waals surface area contributed by atoms with Gasteiger partial charge in [0.25, 0.3) is 0 Å². The molecule has 0 atom stereocenters. The number of carbonyl (C=O) groups excluding carboxylic acids is 1. The van der Waals surface area contributed by atoms with E-state index < -0.39 is 0 Å². The van der Waals surface area contributed by atoms with Gasteiger partial charge in [-0.05, 0) is 25.5 Å². The van der Waals surface area contributed by atoms with Crippen LogP contribution in [0.3, 0.4) is 0 Å². The van der Waals surface area contributed by atoms with Gasteiger partial charge in [0, 0.05) is 30.9 Å². The number of hydrogen-bond donors (Lipinski definition) is 2. The van der Waals surface area contributed by atoms with E-state index in [1.54, 1.807) is 6.20 Å². The summed E-state index contributed by atoms with van der Waals surface area (Å²) in [5.74, 6) is -0.0411. The molecule has 2 rings (SSSR count). The lowest BCUT2D eigenvalue weighted by Gasteiger charge is -2.04. The minimum Gasteiger partial charge on any atom is -0.352 e. The van der Waals surface area contributed by atoms with E-state index in [4.69, 9.17) is 0 Å². The van der Waals surface area contributed by atoms with Crippen molar-refractivity contribution in [1.82, 2.24) is 20.5 Å². The van der Waals surface area contributed by atoms with Crippen molar-refractivity contribution in [2.45, 2.75) is 27.3 Å². The largest absolute Gasteiger partial charge is 0.352 e. The molecule has 0 aliphatic carbocycles. The fourth-order valence-electron chi connectivity index (χ4n) is 1.83. The van der Waals surface area contributed by atoms with Gasteiger partial charge in [0.15, 0.2) is 0 Å². The fourth-order valence-corrected chi connectivity index (χ4v) is 1.83. The summed E-state index contributed by atoms with van der Waals surface area (Å²) in [6.45, 7) is 5.93. The van der Waals surface area contributed by atoms with Gasteiger partial charge in [0.2, 0.25) is 5.91 Å². The van der Waals surface area contributed by atoms with Crippen LogP contribution >= 0.6 is 0 Å². The van der Waals surface area contributed by atoms with Gasteiger partial charge in [0.1, 0.15) is 0 Å². The Kier molecular flexibility index (Phi) is 3.41. The van der Waals surface area contributed by atoms with Crippen LogP contribution in [-0.4, -0.2) is 21.1 Å². The Labute approximate surface area is 106 Å². The smallest absolute Gasteiger partial charge is 0.217 e. The first-order valence-electron chi connectivity index (χ1n) is 5.79. The Bertz CT molecular complexity index is 537. The van der Waals surface area contributed by atoms with Crippen molar-refractivity contribution in [3.05, 3.63) is 35.3 Å². The molecule has 0 aromatic carbocycles. The van der Waals surface area contributed by atoms with Gasteiger partial charge in [-0.25, -0.2) is 0 Å². The van der Waals surface area contributed by atoms with Crippen LogP contribution in [0.1, 0.15) is 23.9 Å². The molecule has 0 saturated heterocycles. The summed E-state index contributed by atoms with van der Waals surface area (Å²) in [5, 5.41) is 9.84. The normalized spacial score (nSPS) is 10.4. The van der Waals surface area contributed by atoms with Crippen LogP contribution in [0.5, 0.6) is 0 Å². The molecule has 0 saturated carbocycles. The minimum absolute atomic E-state index is 0.0411. The maximum atomic E-state index is 10.8. The van der Waals surface area contributed by atoms with Crippen molar-refractivity contribution in [3.63, 3.8) is 0 Å². The topological polar surface area (TPSA) is 70.7 Å². The van der Waals surface area contributed by atoms with Crippen molar-refractivity contribution >= 4 is 5.91 Å². The lowest BCUT2D eigenvalue weighted by atomic mass is 10.1. The zero-order chi connectivity index (χ0) is 13.1. The van der Waals surface area contributed by atoms with Crippen LogP contribution in [0.25, 0.3) is 11.3 Å². The number of pyridine rings is 1. The molecule has 94 valence electrons. The van der Waals surface area contributed by atoms with Crippen LogP contribution < -0.4 is 5.32 Å². The van der Waals surface area contributed by atoms with Gasteiger partial charge >= 0.3 is 0 Å². The summed E-state index contributed by atoms with van der Waals surface area (Å²) in [6, 6.07) is 3.91. The number of aromatic amines is 1. The van der Waals surface area contributed by atoms with Crippen molar-refractivity contribution in [3.8, 4) is 11.3 Å². The zero-order valence-electron chi connectivity index (χ0n) is 10.7. The van der Waals surface area contributed by atoms with E-state index in [1.165, 1.54) is 6.92 Å². The quantitative estimate of drug-likeness (QED) is 0.863. The highest BCUT2D eigenvalue weighted by Crippen LogP contribution is 2.22. The van der Waals surface area contributed by atoms with E-state index in [2.05, 4.69) is 20.5 Å². The van der Waals surface area contributed by atoms with Gasteiger partial charge in [-0.15, -0.1) is 0 Å². The molecule has 2 N–H and O–H groups in total. The standard InChI is InChI=1S/C13H16N4O/c1-8-13(9(2)17-16-8)12-5-4-11(7-15-12)6-14-10(3)18/h4-5,7H,6H2,1-3H3,(H,14,18)(H,16,17). The number of amides is 1. The number of nitrogens with zero attached hydrogens (tertiary/aromatic N) is 2. The average Bonchev–Trinajstić information content (AvgIpc) is 2.67.